The van der Waals surface area contributed by atoms with Gasteiger partial charge in [0.2, 0.25) is 0 Å². The Labute approximate surface area is 107 Å². The van der Waals surface area contributed by atoms with Gasteiger partial charge in [-0.2, -0.15) is 0 Å². The lowest BCUT2D eigenvalue weighted by molar-refractivity contribution is 0.820. The normalized spacial score (nSPS) is 10.9. The minimum atomic E-state index is 0.903. The molecule has 0 aliphatic rings. The van der Waals surface area contributed by atoms with Crippen LogP contribution in [0.4, 0.5) is 0 Å². The summed E-state index contributed by atoms with van der Waals surface area (Å²) in [5, 5.41) is 8.34. The number of aromatic nitrogens is 3. The Morgan fingerprint density at radius 1 is 1.12 bits per heavy atom. The Morgan fingerprint density at radius 2 is 1.94 bits per heavy atom. The topological polar surface area (TPSA) is 30.7 Å². The number of aryl methyl sites for hydroxylation is 1. The van der Waals surface area contributed by atoms with Crippen molar-refractivity contribution in [3.8, 4) is 5.69 Å². The van der Waals surface area contributed by atoms with Crippen LogP contribution in [0.2, 0.25) is 0 Å². The number of hydrogen-bond acceptors (Lipinski definition) is 2. The van der Waals surface area contributed by atoms with Crippen LogP contribution in [0.15, 0.2) is 46.9 Å². The number of hydrogen-bond donors (Lipinski definition) is 0. The Kier molecular flexibility index (Phi) is 2.44. The van der Waals surface area contributed by atoms with Gasteiger partial charge >= 0.3 is 0 Å². The van der Waals surface area contributed by atoms with Crippen LogP contribution in [0, 0.1) is 6.92 Å². The highest BCUT2D eigenvalue weighted by Crippen LogP contribution is 2.24. The molecule has 3 rings (SSSR count). The fraction of sp³-hybridized carbons (Fsp3) is 0.0769. The summed E-state index contributed by atoms with van der Waals surface area (Å²) < 4.78 is 2.87. The van der Waals surface area contributed by atoms with E-state index in [1.807, 2.05) is 35.0 Å². The monoisotopic (exact) mass is 287 g/mol. The quantitative estimate of drug-likeness (QED) is 0.686. The van der Waals surface area contributed by atoms with Crippen LogP contribution in [0.1, 0.15) is 5.56 Å². The van der Waals surface area contributed by atoms with Gasteiger partial charge in [-0.1, -0.05) is 23.4 Å². The molecule has 0 bridgehead atoms. The molecule has 0 amide bonds. The van der Waals surface area contributed by atoms with Crippen LogP contribution in [0.25, 0.3) is 16.7 Å². The molecule has 3 aromatic rings. The first-order valence-electron chi connectivity index (χ1n) is 5.33. The molecular weight excluding hydrogens is 278 g/mol. The molecule has 2 aromatic carbocycles. The van der Waals surface area contributed by atoms with Crippen molar-refractivity contribution in [3.05, 3.63) is 52.5 Å². The SMILES string of the molecule is Cc1ccc(-n2nnc3ccccc32)c(Br)c1. The molecule has 0 atom stereocenters. The number of halogens is 1. The maximum absolute atomic E-state index is 4.19. The van der Waals surface area contributed by atoms with Crippen LogP contribution < -0.4 is 0 Å². The smallest absolute Gasteiger partial charge is 0.113 e. The summed E-state index contributed by atoms with van der Waals surface area (Å²) in [6, 6.07) is 14.1. The van der Waals surface area contributed by atoms with Gasteiger partial charge in [0.15, 0.2) is 0 Å². The van der Waals surface area contributed by atoms with Gasteiger partial charge in [-0.05, 0) is 52.7 Å². The second-order valence-corrected chi connectivity index (χ2v) is 4.80. The molecular formula is C13H10BrN3. The molecule has 1 heterocycles. The number of rotatable bonds is 1. The van der Waals surface area contributed by atoms with Gasteiger partial charge in [0, 0.05) is 4.47 Å². The molecule has 84 valence electrons. The molecule has 0 fully saturated rings. The third-order valence-corrected chi connectivity index (χ3v) is 3.32. The number of nitrogens with zero attached hydrogens (tertiary/aromatic N) is 3. The molecule has 0 radical (unpaired) electrons. The molecule has 0 aliphatic carbocycles. The number of para-hydroxylation sites is 1. The molecule has 0 saturated carbocycles. The van der Waals surface area contributed by atoms with Gasteiger partial charge < -0.3 is 0 Å². The molecule has 0 spiro atoms. The molecule has 0 saturated heterocycles. The third kappa shape index (κ3) is 1.74. The maximum Gasteiger partial charge on any atom is 0.113 e. The Balaban J connectivity index is 2.27. The van der Waals surface area contributed by atoms with E-state index in [4.69, 9.17) is 0 Å². The zero-order chi connectivity index (χ0) is 11.8. The predicted octanol–water partition coefficient (Wildman–Crippen LogP) is 3.49. The van der Waals surface area contributed by atoms with E-state index in [1.165, 1.54) is 5.56 Å². The molecule has 0 unspecified atom stereocenters. The largest absolute Gasteiger partial charge is 0.212 e. The molecule has 4 heteroatoms. The van der Waals surface area contributed by atoms with Crippen molar-refractivity contribution in [2.45, 2.75) is 6.92 Å². The van der Waals surface area contributed by atoms with Crippen molar-refractivity contribution in [2.75, 3.05) is 0 Å². The molecule has 3 nitrogen and oxygen atoms in total. The van der Waals surface area contributed by atoms with E-state index >= 15 is 0 Å². The Morgan fingerprint density at radius 3 is 2.76 bits per heavy atom. The highest BCUT2D eigenvalue weighted by molar-refractivity contribution is 9.10. The highest BCUT2D eigenvalue weighted by atomic mass is 79.9. The lowest BCUT2D eigenvalue weighted by Gasteiger charge is -2.05. The average Bonchev–Trinajstić information content (AvgIpc) is 2.73. The zero-order valence-electron chi connectivity index (χ0n) is 9.26. The second kappa shape index (κ2) is 3.96. The first-order chi connectivity index (χ1) is 8.25. The summed E-state index contributed by atoms with van der Waals surface area (Å²) in [6.45, 7) is 2.06. The van der Waals surface area contributed by atoms with E-state index in [-0.39, 0.29) is 0 Å². The average molecular weight is 288 g/mol. The van der Waals surface area contributed by atoms with Crippen molar-refractivity contribution in [3.63, 3.8) is 0 Å². The van der Waals surface area contributed by atoms with E-state index in [9.17, 15) is 0 Å². The van der Waals surface area contributed by atoms with Gasteiger partial charge in [0.05, 0.1) is 11.2 Å². The van der Waals surface area contributed by atoms with E-state index in [0.717, 1.165) is 21.2 Å². The minimum absolute atomic E-state index is 0.903. The standard InChI is InChI=1S/C13H10BrN3/c1-9-6-7-12(10(14)8-9)17-13-5-3-2-4-11(13)15-16-17/h2-8H,1H3. The van der Waals surface area contributed by atoms with Crippen LogP contribution in [0.3, 0.4) is 0 Å². The second-order valence-electron chi connectivity index (χ2n) is 3.94. The van der Waals surface area contributed by atoms with Crippen molar-refractivity contribution >= 4 is 27.0 Å². The van der Waals surface area contributed by atoms with Crippen molar-refractivity contribution in [1.82, 2.24) is 15.0 Å². The molecule has 0 N–H and O–H groups in total. The van der Waals surface area contributed by atoms with E-state index < -0.39 is 0 Å². The molecule has 17 heavy (non-hydrogen) atoms. The van der Waals surface area contributed by atoms with Crippen molar-refractivity contribution < 1.29 is 0 Å². The van der Waals surface area contributed by atoms with Gasteiger partial charge in [0.25, 0.3) is 0 Å². The highest BCUT2D eigenvalue weighted by Gasteiger charge is 2.08. The van der Waals surface area contributed by atoms with E-state index in [2.05, 4.69) is 45.3 Å². The van der Waals surface area contributed by atoms with Crippen molar-refractivity contribution in [2.24, 2.45) is 0 Å². The van der Waals surface area contributed by atoms with Gasteiger partial charge in [-0.15, -0.1) is 5.10 Å². The lowest BCUT2D eigenvalue weighted by Crippen LogP contribution is -1.97. The van der Waals surface area contributed by atoms with Crippen LogP contribution in [-0.4, -0.2) is 15.0 Å². The van der Waals surface area contributed by atoms with Gasteiger partial charge in [0.1, 0.15) is 5.52 Å². The molecule has 1 aromatic heterocycles. The Bertz CT molecular complexity index is 688. The predicted molar refractivity (Wildman–Crippen MR) is 71.3 cm³/mol. The first-order valence-corrected chi connectivity index (χ1v) is 6.12. The van der Waals surface area contributed by atoms with Crippen molar-refractivity contribution in [1.29, 1.82) is 0 Å². The summed E-state index contributed by atoms with van der Waals surface area (Å²) in [4.78, 5) is 0. The fourth-order valence-corrected chi connectivity index (χ4v) is 2.49. The fourth-order valence-electron chi connectivity index (χ4n) is 1.83. The van der Waals surface area contributed by atoms with Crippen LogP contribution in [0.5, 0.6) is 0 Å². The van der Waals surface area contributed by atoms with Gasteiger partial charge in [-0.25, -0.2) is 4.68 Å². The van der Waals surface area contributed by atoms with E-state index in [0.29, 0.717) is 0 Å². The summed E-state index contributed by atoms with van der Waals surface area (Å²) in [6.07, 6.45) is 0. The summed E-state index contributed by atoms with van der Waals surface area (Å²) in [5.74, 6) is 0. The third-order valence-electron chi connectivity index (χ3n) is 2.68. The van der Waals surface area contributed by atoms with Gasteiger partial charge in [-0.3, -0.25) is 0 Å². The Hall–Kier alpha value is -1.68. The number of fused-ring (bicyclic) bond motifs is 1. The molecule has 0 aliphatic heterocycles. The summed E-state index contributed by atoms with van der Waals surface area (Å²) >= 11 is 3.57. The maximum atomic E-state index is 4.19. The number of benzene rings is 2. The van der Waals surface area contributed by atoms with Crippen LogP contribution in [-0.2, 0) is 0 Å². The summed E-state index contributed by atoms with van der Waals surface area (Å²) in [5.41, 5.74) is 4.13. The lowest BCUT2D eigenvalue weighted by atomic mass is 10.2. The summed E-state index contributed by atoms with van der Waals surface area (Å²) in [7, 11) is 0. The van der Waals surface area contributed by atoms with Crippen LogP contribution >= 0.6 is 15.9 Å². The minimum Gasteiger partial charge on any atom is -0.212 e. The van der Waals surface area contributed by atoms with E-state index in [1.54, 1.807) is 0 Å². The zero-order valence-corrected chi connectivity index (χ0v) is 10.8. The first kappa shape index (κ1) is 10.5.